The lowest BCUT2D eigenvalue weighted by Gasteiger charge is -2.10. The van der Waals surface area contributed by atoms with Crippen molar-refractivity contribution < 1.29 is 13.5 Å². The zero-order chi connectivity index (χ0) is 14.5. The average molecular weight is 298 g/mol. The molecule has 0 aromatic heterocycles. The molecule has 5 heteroatoms. The van der Waals surface area contributed by atoms with E-state index in [1.807, 2.05) is 25.1 Å². The van der Waals surface area contributed by atoms with E-state index in [1.165, 1.54) is 12.1 Å². The van der Waals surface area contributed by atoms with Crippen LogP contribution >= 0.6 is 11.6 Å². The second-order valence-corrected chi connectivity index (χ2v) is 4.77. The molecule has 0 aliphatic rings. The molecule has 2 aromatic rings. The molecule has 2 nitrogen and oxygen atoms in total. The third-order valence-corrected chi connectivity index (χ3v) is 3.08. The summed E-state index contributed by atoms with van der Waals surface area (Å²) in [6.45, 7) is -0.263. The first-order valence-corrected chi connectivity index (χ1v) is 6.46. The second-order valence-electron chi connectivity index (χ2n) is 4.36. The number of nitrogens with one attached hydrogen (secondary N) is 1. The Morgan fingerprint density at radius 1 is 1.15 bits per heavy atom. The summed E-state index contributed by atoms with van der Waals surface area (Å²) in [5, 5.41) is 3.86. The van der Waals surface area contributed by atoms with Gasteiger partial charge in [0.25, 0.3) is 0 Å². The molecule has 0 atom stereocenters. The van der Waals surface area contributed by atoms with Crippen LogP contribution in [-0.4, -0.2) is 6.61 Å². The van der Waals surface area contributed by atoms with Crippen molar-refractivity contribution in [1.82, 2.24) is 0 Å². The van der Waals surface area contributed by atoms with Gasteiger partial charge in [-0.1, -0.05) is 29.8 Å². The Morgan fingerprint density at radius 3 is 2.50 bits per heavy atom. The van der Waals surface area contributed by atoms with Crippen molar-refractivity contribution in [2.24, 2.45) is 0 Å². The number of halogens is 3. The quantitative estimate of drug-likeness (QED) is 0.851. The molecule has 1 N–H and O–H groups in total. The Morgan fingerprint density at radius 2 is 1.85 bits per heavy atom. The van der Waals surface area contributed by atoms with Gasteiger partial charge in [-0.25, -0.2) is 0 Å². The van der Waals surface area contributed by atoms with Crippen LogP contribution in [0.2, 0.25) is 5.02 Å². The first-order valence-electron chi connectivity index (χ1n) is 6.08. The standard InChI is InChI=1S/C15H14ClF2NO/c1-10-2-7-13(16)14(8-10)19-9-11-3-5-12(6-4-11)20-15(17)18/h2-8,15,19H,9H2,1H3. The molecular weight excluding hydrogens is 284 g/mol. The summed E-state index contributed by atoms with van der Waals surface area (Å²) in [4.78, 5) is 0. The summed E-state index contributed by atoms with van der Waals surface area (Å²) in [5.74, 6) is 0.150. The van der Waals surface area contributed by atoms with Gasteiger partial charge in [-0.15, -0.1) is 0 Å². The number of rotatable bonds is 5. The molecule has 0 aliphatic heterocycles. The predicted octanol–water partition coefficient (Wildman–Crippen LogP) is 4.86. The van der Waals surface area contributed by atoms with E-state index in [1.54, 1.807) is 12.1 Å². The predicted molar refractivity (Wildman–Crippen MR) is 76.6 cm³/mol. The normalized spacial score (nSPS) is 10.7. The Kier molecular flexibility index (Phi) is 4.79. The maximum absolute atomic E-state index is 12.0. The van der Waals surface area contributed by atoms with E-state index >= 15 is 0 Å². The first-order chi connectivity index (χ1) is 9.54. The highest BCUT2D eigenvalue weighted by Gasteiger charge is 2.04. The van der Waals surface area contributed by atoms with Gasteiger partial charge < -0.3 is 10.1 Å². The monoisotopic (exact) mass is 297 g/mol. The van der Waals surface area contributed by atoms with Crippen molar-refractivity contribution in [1.29, 1.82) is 0 Å². The number of benzene rings is 2. The van der Waals surface area contributed by atoms with Gasteiger partial charge in [-0.2, -0.15) is 8.78 Å². The van der Waals surface area contributed by atoms with E-state index in [0.29, 0.717) is 11.6 Å². The molecule has 106 valence electrons. The summed E-state index contributed by atoms with van der Waals surface area (Å²) in [7, 11) is 0. The van der Waals surface area contributed by atoms with Crippen LogP contribution in [0.1, 0.15) is 11.1 Å². The number of hydrogen-bond donors (Lipinski definition) is 1. The van der Waals surface area contributed by atoms with Crippen LogP contribution in [0.4, 0.5) is 14.5 Å². The molecule has 2 aromatic carbocycles. The van der Waals surface area contributed by atoms with Crippen LogP contribution in [0.25, 0.3) is 0 Å². The largest absolute Gasteiger partial charge is 0.435 e. The molecular formula is C15H14ClF2NO. The Balaban J connectivity index is 1.98. The van der Waals surface area contributed by atoms with Crippen molar-refractivity contribution in [3.05, 3.63) is 58.6 Å². The fourth-order valence-electron chi connectivity index (χ4n) is 1.76. The van der Waals surface area contributed by atoms with Gasteiger partial charge >= 0.3 is 6.61 Å². The van der Waals surface area contributed by atoms with Crippen LogP contribution in [0.3, 0.4) is 0 Å². The summed E-state index contributed by atoms with van der Waals surface area (Å²) in [6.07, 6.45) is 0. The van der Waals surface area contributed by atoms with E-state index in [4.69, 9.17) is 11.6 Å². The molecule has 0 saturated heterocycles. The van der Waals surface area contributed by atoms with E-state index < -0.39 is 6.61 Å². The van der Waals surface area contributed by atoms with Crippen LogP contribution in [0.15, 0.2) is 42.5 Å². The van der Waals surface area contributed by atoms with Crippen molar-refractivity contribution in [2.75, 3.05) is 5.32 Å². The maximum atomic E-state index is 12.0. The van der Waals surface area contributed by atoms with E-state index in [9.17, 15) is 8.78 Å². The van der Waals surface area contributed by atoms with Gasteiger partial charge in [-0.3, -0.25) is 0 Å². The highest BCUT2D eigenvalue weighted by atomic mass is 35.5. The topological polar surface area (TPSA) is 21.3 Å². The molecule has 0 radical (unpaired) electrons. The van der Waals surface area contributed by atoms with Crippen molar-refractivity contribution in [3.63, 3.8) is 0 Å². The van der Waals surface area contributed by atoms with Crippen molar-refractivity contribution in [2.45, 2.75) is 20.1 Å². The van der Waals surface area contributed by atoms with Crippen LogP contribution < -0.4 is 10.1 Å². The fourth-order valence-corrected chi connectivity index (χ4v) is 1.94. The number of hydrogen-bond acceptors (Lipinski definition) is 2. The SMILES string of the molecule is Cc1ccc(Cl)c(NCc2ccc(OC(F)F)cc2)c1. The van der Waals surface area contributed by atoms with Gasteiger partial charge in [0, 0.05) is 6.54 Å². The molecule has 0 amide bonds. The lowest BCUT2D eigenvalue weighted by Crippen LogP contribution is -2.03. The van der Waals surface area contributed by atoms with Crippen LogP contribution in [-0.2, 0) is 6.54 Å². The molecule has 0 saturated carbocycles. The third kappa shape index (κ3) is 4.10. The molecule has 0 aliphatic carbocycles. The number of aryl methyl sites for hydroxylation is 1. The highest BCUT2D eigenvalue weighted by molar-refractivity contribution is 6.33. The first kappa shape index (κ1) is 14.6. The molecule has 0 bridgehead atoms. The average Bonchev–Trinajstić information content (AvgIpc) is 2.41. The lowest BCUT2D eigenvalue weighted by atomic mass is 10.2. The lowest BCUT2D eigenvalue weighted by molar-refractivity contribution is -0.0498. The van der Waals surface area contributed by atoms with Gasteiger partial charge in [0.05, 0.1) is 10.7 Å². The molecule has 2 rings (SSSR count). The number of alkyl halides is 2. The second kappa shape index (κ2) is 6.57. The molecule has 20 heavy (non-hydrogen) atoms. The summed E-state index contributed by atoms with van der Waals surface area (Å²) >= 11 is 6.08. The summed E-state index contributed by atoms with van der Waals surface area (Å²) in [5.41, 5.74) is 2.90. The van der Waals surface area contributed by atoms with E-state index in [0.717, 1.165) is 16.8 Å². The van der Waals surface area contributed by atoms with Crippen LogP contribution in [0.5, 0.6) is 5.75 Å². The smallest absolute Gasteiger partial charge is 0.387 e. The van der Waals surface area contributed by atoms with Crippen molar-refractivity contribution >= 4 is 17.3 Å². The zero-order valence-corrected chi connectivity index (χ0v) is 11.6. The molecule has 0 unspecified atom stereocenters. The molecule has 0 heterocycles. The van der Waals surface area contributed by atoms with Crippen LogP contribution in [0, 0.1) is 6.92 Å². The Labute approximate surface area is 121 Å². The third-order valence-electron chi connectivity index (χ3n) is 2.75. The maximum Gasteiger partial charge on any atom is 0.387 e. The Hall–Kier alpha value is -1.81. The number of anilines is 1. The number of ether oxygens (including phenoxy) is 1. The molecule has 0 fully saturated rings. The van der Waals surface area contributed by atoms with Gasteiger partial charge in [-0.05, 0) is 42.3 Å². The van der Waals surface area contributed by atoms with Crippen molar-refractivity contribution in [3.8, 4) is 5.75 Å². The van der Waals surface area contributed by atoms with Gasteiger partial charge in [0.2, 0.25) is 0 Å². The molecule has 0 spiro atoms. The van der Waals surface area contributed by atoms with E-state index in [2.05, 4.69) is 10.1 Å². The Bertz CT molecular complexity index is 573. The highest BCUT2D eigenvalue weighted by Crippen LogP contribution is 2.23. The minimum atomic E-state index is -2.80. The summed E-state index contributed by atoms with van der Waals surface area (Å²) < 4.78 is 28.3. The summed E-state index contributed by atoms with van der Waals surface area (Å²) in [6, 6.07) is 12.2. The van der Waals surface area contributed by atoms with Gasteiger partial charge in [0.1, 0.15) is 5.75 Å². The minimum absolute atomic E-state index is 0.150. The van der Waals surface area contributed by atoms with Gasteiger partial charge in [0.15, 0.2) is 0 Å². The minimum Gasteiger partial charge on any atom is -0.435 e. The fraction of sp³-hybridized carbons (Fsp3) is 0.200. The van der Waals surface area contributed by atoms with E-state index in [-0.39, 0.29) is 5.75 Å². The zero-order valence-electron chi connectivity index (χ0n) is 10.9.